The largest absolute Gasteiger partial charge is 0.335 e. The third kappa shape index (κ3) is 3.05. The van der Waals surface area contributed by atoms with Crippen molar-refractivity contribution in [3.8, 4) is 0 Å². The number of aryl methyl sites for hydroxylation is 2. The van der Waals surface area contributed by atoms with Crippen LogP contribution in [0.1, 0.15) is 17.1 Å². The Labute approximate surface area is 121 Å². The van der Waals surface area contributed by atoms with Crippen molar-refractivity contribution in [2.24, 2.45) is 7.05 Å². The number of hydrogen-bond acceptors (Lipinski definition) is 4. The average Bonchev–Trinajstić information content (AvgIpc) is 2.98. The minimum absolute atomic E-state index is 0.152. The van der Waals surface area contributed by atoms with Gasteiger partial charge < -0.3 is 4.90 Å². The van der Waals surface area contributed by atoms with E-state index < -0.39 is 0 Å². The molecule has 1 N–H and O–H groups in total. The van der Waals surface area contributed by atoms with E-state index in [9.17, 15) is 4.79 Å². The first kappa shape index (κ1) is 14.3. The molecule has 1 amide bonds. The van der Waals surface area contributed by atoms with E-state index in [4.69, 9.17) is 11.6 Å². The number of aromatic nitrogens is 5. The van der Waals surface area contributed by atoms with Gasteiger partial charge in [0.15, 0.2) is 0 Å². The van der Waals surface area contributed by atoms with Crippen molar-refractivity contribution in [1.29, 1.82) is 0 Å². The molecule has 20 heavy (non-hydrogen) atoms. The van der Waals surface area contributed by atoms with Gasteiger partial charge in [0.2, 0.25) is 5.91 Å². The summed E-state index contributed by atoms with van der Waals surface area (Å²) < 4.78 is 1.57. The molecule has 0 unspecified atom stereocenters. The molecular formula is C12H15ClN6O. The molecule has 106 valence electrons. The fourth-order valence-corrected chi connectivity index (χ4v) is 1.96. The van der Waals surface area contributed by atoms with Crippen LogP contribution in [-0.2, 0) is 18.4 Å². The highest BCUT2D eigenvalue weighted by Crippen LogP contribution is 2.20. The first-order chi connectivity index (χ1) is 9.49. The number of nitrogens with zero attached hydrogens (tertiary/aromatic N) is 5. The minimum atomic E-state index is -0.152. The zero-order chi connectivity index (χ0) is 14.7. The lowest BCUT2D eigenvalue weighted by Gasteiger charge is -2.12. The standard InChI is InChI=1S/C12H15ClN6O/c1-8-9(12(13)19(3)17-8)4-5-11(20)18(2)6-10-14-7-15-16-10/h4-5,7H,6H2,1-3H3,(H,14,15,16). The Morgan fingerprint density at radius 1 is 1.60 bits per heavy atom. The predicted octanol–water partition coefficient (Wildman–Crippen LogP) is 1.17. The van der Waals surface area contributed by atoms with Crippen molar-refractivity contribution in [2.45, 2.75) is 13.5 Å². The summed E-state index contributed by atoms with van der Waals surface area (Å²) in [6.45, 7) is 2.21. The van der Waals surface area contributed by atoms with Crippen LogP contribution in [-0.4, -0.2) is 42.8 Å². The number of nitrogens with one attached hydrogen (secondary N) is 1. The zero-order valence-corrected chi connectivity index (χ0v) is 12.2. The molecule has 0 aliphatic heterocycles. The molecule has 0 radical (unpaired) electrons. The van der Waals surface area contributed by atoms with Gasteiger partial charge in [-0.2, -0.15) is 10.2 Å². The molecule has 2 heterocycles. The Bertz CT molecular complexity index is 631. The van der Waals surface area contributed by atoms with Crippen LogP contribution in [0.15, 0.2) is 12.4 Å². The first-order valence-electron chi connectivity index (χ1n) is 5.95. The minimum Gasteiger partial charge on any atom is -0.335 e. The number of amides is 1. The molecule has 8 heteroatoms. The molecule has 0 spiro atoms. The Hall–Kier alpha value is -2.15. The Kier molecular flexibility index (Phi) is 4.19. The van der Waals surface area contributed by atoms with Gasteiger partial charge in [0, 0.05) is 25.7 Å². The molecule has 0 saturated heterocycles. The van der Waals surface area contributed by atoms with Crippen molar-refractivity contribution in [3.05, 3.63) is 34.6 Å². The number of carbonyl (C=O) groups excluding carboxylic acids is 1. The average molecular weight is 295 g/mol. The van der Waals surface area contributed by atoms with Gasteiger partial charge in [0.05, 0.1) is 12.2 Å². The smallest absolute Gasteiger partial charge is 0.246 e. The van der Waals surface area contributed by atoms with Crippen molar-refractivity contribution >= 4 is 23.6 Å². The lowest BCUT2D eigenvalue weighted by Crippen LogP contribution is -2.24. The number of hydrogen-bond donors (Lipinski definition) is 1. The van der Waals surface area contributed by atoms with Crippen LogP contribution >= 0.6 is 11.6 Å². The zero-order valence-electron chi connectivity index (χ0n) is 11.5. The molecule has 0 atom stereocenters. The summed E-state index contributed by atoms with van der Waals surface area (Å²) in [6, 6.07) is 0. The maximum atomic E-state index is 12.0. The third-order valence-corrected chi connectivity index (χ3v) is 3.27. The van der Waals surface area contributed by atoms with Gasteiger partial charge >= 0.3 is 0 Å². The maximum absolute atomic E-state index is 12.0. The van der Waals surface area contributed by atoms with E-state index in [0.717, 1.165) is 11.3 Å². The molecule has 0 bridgehead atoms. The van der Waals surface area contributed by atoms with Crippen LogP contribution in [0.2, 0.25) is 5.15 Å². The van der Waals surface area contributed by atoms with E-state index in [2.05, 4.69) is 20.3 Å². The van der Waals surface area contributed by atoms with Crippen molar-refractivity contribution < 1.29 is 4.79 Å². The summed E-state index contributed by atoms with van der Waals surface area (Å²) >= 11 is 6.09. The third-order valence-electron chi connectivity index (χ3n) is 2.82. The van der Waals surface area contributed by atoms with Gasteiger partial charge in [0.1, 0.15) is 17.3 Å². The fourth-order valence-electron chi connectivity index (χ4n) is 1.73. The first-order valence-corrected chi connectivity index (χ1v) is 6.33. The molecular weight excluding hydrogens is 280 g/mol. The van der Waals surface area contributed by atoms with E-state index in [-0.39, 0.29) is 5.91 Å². The van der Waals surface area contributed by atoms with Crippen LogP contribution in [0, 0.1) is 6.92 Å². The van der Waals surface area contributed by atoms with Gasteiger partial charge in [-0.25, -0.2) is 4.98 Å². The van der Waals surface area contributed by atoms with E-state index in [1.54, 1.807) is 24.9 Å². The lowest BCUT2D eigenvalue weighted by molar-refractivity contribution is -0.125. The maximum Gasteiger partial charge on any atom is 0.246 e. The van der Waals surface area contributed by atoms with Crippen molar-refractivity contribution in [3.63, 3.8) is 0 Å². The number of H-pyrrole nitrogens is 1. The highest BCUT2D eigenvalue weighted by Gasteiger charge is 2.11. The second-order valence-corrected chi connectivity index (χ2v) is 4.73. The molecule has 0 aromatic carbocycles. The normalized spacial score (nSPS) is 11.2. The van der Waals surface area contributed by atoms with Crippen LogP contribution in [0.25, 0.3) is 6.08 Å². The van der Waals surface area contributed by atoms with Crippen molar-refractivity contribution in [2.75, 3.05) is 7.05 Å². The van der Waals surface area contributed by atoms with Crippen LogP contribution in [0.4, 0.5) is 0 Å². The molecule has 2 aromatic rings. The molecule has 7 nitrogen and oxygen atoms in total. The van der Waals surface area contributed by atoms with Gasteiger partial charge in [-0.15, -0.1) is 0 Å². The van der Waals surface area contributed by atoms with Crippen molar-refractivity contribution in [1.82, 2.24) is 29.9 Å². The molecule has 0 saturated carbocycles. The predicted molar refractivity (Wildman–Crippen MR) is 74.8 cm³/mol. The van der Waals surface area contributed by atoms with Gasteiger partial charge in [-0.05, 0) is 13.0 Å². The highest BCUT2D eigenvalue weighted by atomic mass is 35.5. The second-order valence-electron chi connectivity index (χ2n) is 4.37. The van der Waals surface area contributed by atoms with E-state index in [1.807, 2.05) is 6.92 Å². The number of aromatic amines is 1. The van der Waals surface area contributed by atoms with Crippen LogP contribution in [0.3, 0.4) is 0 Å². The van der Waals surface area contributed by atoms with E-state index in [0.29, 0.717) is 17.5 Å². The van der Waals surface area contributed by atoms with Gasteiger partial charge in [-0.3, -0.25) is 14.6 Å². The van der Waals surface area contributed by atoms with E-state index >= 15 is 0 Å². The van der Waals surface area contributed by atoms with Gasteiger partial charge in [0.25, 0.3) is 0 Å². The molecule has 0 fully saturated rings. The molecule has 0 aliphatic carbocycles. The topological polar surface area (TPSA) is 79.7 Å². The molecule has 2 aromatic heterocycles. The quantitative estimate of drug-likeness (QED) is 0.859. The molecule has 0 aliphatic rings. The number of carbonyl (C=O) groups is 1. The number of halogens is 1. The summed E-state index contributed by atoms with van der Waals surface area (Å²) in [4.78, 5) is 17.5. The van der Waals surface area contributed by atoms with E-state index in [1.165, 1.54) is 17.3 Å². The lowest BCUT2D eigenvalue weighted by atomic mass is 10.2. The fraction of sp³-hybridized carbons (Fsp3) is 0.333. The number of likely N-dealkylation sites (N-methyl/N-ethyl adjacent to an activating group) is 1. The van der Waals surface area contributed by atoms with Gasteiger partial charge in [-0.1, -0.05) is 11.6 Å². The summed E-state index contributed by atoms with van der Waals surface area (Å²) in [5, 5.41) is 11.1. The molecule has 2 rings (SSSR count). The SMILES string of the molecule is Cc1nn(C)c(Cl)c1C=CC(=O)N(C)Cc1ncn[nH]1. The summed E-state index contributed by atoms with van der Waals surface area (Å²) in [7, 11) is 3.44. The monoisotopic (exact) mass is 294 g/mol. The Morgan fingerprint density at radius 3 is 2.90 bits per heavy atom. The summed E-state index contributed by atoms with van der Waals surface area (Å²) in [6.07, 6.45) is 4.54. The Balaban J connectivity index is 2.05. The Morgan fingerprint density at radius 2 is 2.35 bits per heavy atom. The van der Waals surface area contributed by atoms with Crippen LogP contribution in [0.5, 0.6) is 0 Å². The highest BCUT2D eigenvalue weighted by molar-refractivity contribution is 6.31. The summed E-state index contributed by atoms with van der Waals surface area (Å²) in [5.41, 5.74) is 1.52. The number of rotatable bonds is 4. The van der Waals surface area contributed by atoms with Crippen LogP contribution < -0.4 is 0 Å². The second kappa shape index (κ2) is 5.87. The summed E-state index contributed by atoms with van der Waals surface area (Å²) in [5.74, 6) is 0.477.